The van der Waals surface area contributed by atoms with Crippen molar-refractivity contribution in [3.05, 3.63) is 0 Å². The smallest absolute Gasteiger partial charge is 0.220 e. The van der Waals surface area contributed by atoms with Gasteiger partial charge in [0, 0.05) is 13.0 Å². The van der Waals surface area contributed by atoms with E-state index in [1.54, 1.807) is 0 Å². The van der Waals surface area contributed by atoms with Gasteiger partial charge in [-0.1, -0.05) is 40.5 Å². The summed E-state index contributed by atoms with van der Waals surface area (Å²) in [5.41, 5.74) is 5.59. The van der Waals surface area contributed by atoms with Gasteiger partial charge in [-0.3, -0.25) is 4.79 Å². The van der Waals surface area contributed by atoms with Crippen LogP contribution in [-0.4, -0.2) is 19.0 Å². The number of hydrogen-bond acceptors (Lipinski definition) is 2. The maximum absolute atomic E-state index is 11.6. The first kappa shape index (κ1) is 16.4. The average molecular weight is 242 g/mol. The van der Waals surface area contributed by atoms with Crippen LogP contribution in [0.1, 0.15) is 59.8 Å². The van der Waals surface area contributed by atoms with Gasteiger partial charge >= 0.3 is 0 Å². The van der Waals surface area contributed by atoms with Crippen LogP contribution in [-0.2, 0) is 4.79 Å². The summed E-state index contributed by atoms with van der Waals surface area (Å²) < 4.78 is 0. The Balaban J connectivity index is 3.60. The summed E-state index contributed by atoms with van der Waals surface area (Å²) in [6.07, 6.45) is 4.95. The van der Waals surface area contributed by atoms with Gasteiger partial charge in [-0.2, -0.15) is 0 Å². The molecule has 0 aliphatic heterocycles. The molecule has 3 N–H and O–H groups in total. The van der Waals surface area contributed by atoms with E-state index in [4.69, 9.17) is 5.73 Å². The Bertz CT molecular complexity index is 212. The number of nitrogens with two attached hydrogens (primary N) is 1. The zero-order valence-corrected chi connectivity index (χ0v) is 12.0. The number of hydrogen-bond donors (Lipinski definition) is 2. The highest BCUT2D eigenvalue weighted by Gasteiger charge is 2.22. The summed E-state index contributed by atoms with van der Waals surface area (Å²) in [5.74, 6) is 0.763. The van der Waals surface area contributed by atoms with Gasteiger partial charge in [0.25, 0.3) is 0 Å². The maximum atomic E-state index is 11.6. The Morgan fingerprint density at radius 2 is 1.76 bits per heavy atom. The fourth-order valence-corrected chi connectivity index (χ4v) is 1.40. The van der Waals surface area contributed by atoms with Gasteiger partial charge in [0.15, 0.2) is 0 Å². The van der Waals surface area contributed by atoms with E-state index in [9.17, 15) is 4.79 Å². The Kier molecular flexibility index (Phi) is 8.23. The highest BCUT2D eigenvalue weighted by Crippen LogP contribution is 2.24. The first-order valence-electron chi connectivity index (χ1n) is 6.87. The number of carbonyl (C=O) groups is 1. The molecule has 17 heavy (non-hydrogen) atoms. The molecular weight excluding hydrogens is 212 g/mol. The van der Waals surface area contributed by atoms with Crippen molar-refractivity contribution in [2.75, 3.05) is 13.1 Å². The van der Waals surface area contributed by atoms with E-state index in [-0.39, 0.29) is 11.3 Å². The van der Waals surface area contributed by atoms with Crippen LogP contribution in [0.25, 0.3) is 0 Å². The van der Waals surface area contributed by atoms with Crippen molar-refractivity contribution in [1.82, 2.24) is 5.32 Å². The molecule has 0 bridgehead atoms. The van der Waals surface area contributed by atoms with Crippen LogP contribution >= 0.6 is 0 Å². The van der Waals surface area contributed by atoms with E-state index < -0.39 is 0 Å². The Hall–Kier alpha value is -0.570. The van der Waals surface area contributed by atoms with Gasteiger partial charge in [-0.25, -0.2) is 0 Å². The monoisotopic (exact) mass is 242 g/mol. The van der Waals surface area contributed by atoms with E-state index >= 15 is 0 Å². The van der Waals surface area contributed by atoms with Crippen molar-refractivity contribution < 1.29 is 4.79 Å². The van der Waals surface area contributed by atoms with Crippen LogP contribution in [0.5, 0.6) is 0 Å². The Morgan fingerprint density at radius 1 is 1.18 bits per heavy atom. The van der Waals surface area contributed by atoms with Crippen LogP contribution in [0.15, 0.2) is 0 Å². The molecule has 0 radical (unpaired) electrons. The van der Waals surface area contributed by atoms with Gasteiger partial charge in [-0.05, 0) is 30.7 Å². The molecule has 0 spiro atoms. The second-order valence-corrected chi connectivity index (χ2v) is 5.87. The van der Waals surface area contributed by atoms with E-state index in [1.807, 2.05) is 0 Å². The van der Waals surface area contributed by atoms with Gasteiger partial charge in [-0.15, -0.1) is 0 Å². The lowest BCUT2D eigenvalue weighted by Gasteiger charge is -2.29. The molecule has 1 amide bonds. The number of nitrogens with one attached hydrogen (secondary N) is 1. The van der Waals surface area contributed by atoms with Gasteiger partial charge in [0.2, 0.25) is 5.91 Å². The van der Waals surface area contributed by atoms with Crippen LogP contribution in [0, 0.1) is 11.3 Å². The van der Waals surface area contributed by atoms with Crippen molar-refractivity contribution in [2.45, 2.75) is 59.8 Å². The minimum atomic E-state index is 0.176. The third-order valence-corrected chi connectivity index (χ3v) is 3.66. The van der Waals surface area contributed by atoms with Crippen molar-refractivity contribution in [2.24, 2.45) is 17.1 Å². The van der Waals surface area contributed by atoms with Gasteiger partial charge in [0.1, 0.15) is 0 Å². The molecule has 0 heterocycles. The standard InChI is InChI=1S/C14H30N2O/c1-12(2)14(3,4)11-16-13(17)9-7-5-6-8-10-15/h12H,5-11,15H2,1-4H3,(H,16,17). The van der Waals surface area contributed by atoms with Crippen molar-refractivity contribution in [3.63, 3.8) is 0 Å². The molecule has 0 aromatic rings. The van der Waals surface area contributed by atoms with E-state index in [2.05, 4.69) is 33.0 Å². The fourth-order valence-electron chi connectivity index (χ4n) is 1.40. The maximum Gasteiger partial charge on any atom is 0.220 e. The summed E-state index contributed by atoms with van der Waals surface area (Å²) in [7, 11) is 0. The predicted molar refractivity (Wildman–Crippen MR) is 73.8 cm³/mol. The Morgan fingerprint density at radius 3 is 2.29 bits per heavy atom. The lowest BCUT2D eigenvalue weighted by atomic mass is 9.81. The van der Waals surface area contributed by atoms with Crippen LogP contribution in [0.2, 0.25) is 0 Å². The third-order valence-electron chi connectivity index (χ3n) is 3.66. The molecule has 0 saturated carbocycles. The van der Waals surface area contributed by atoms with E-state index in [0.29, 0.717) is 12.3 Å². The second-order valence-electron chi connectivity index (χ2n) is 5.87. The largest absolute Gasteiger partial charge is 0.356 e. The molecule has 0 aliphatic rings. The molecule has 0 aromatic carbocycles. The third kappa shape index (κ3) is 8.19. The molecule has 3 heteroatoms. The lowest BCUT2D eigenvalue weighted by Crippen LogP contribution is -2.36. The quantitative estimate of drug-likeness (QED) is 0.611. The zero-order valence-electron chi connectivity index (χ0n) is 12.0. The van der Waals surface area contributed by atoms with Crippen molar-refractivity contribution in [3.8, 4) is 0 Å². The molecule has 0 rings (SSSR count). The van der Waals surface area contributed by atoms with Crippen LogP contribution < -0.4 is 11.1 Å². The molecular formula is C14H30N2O. The summed E-state index contributed by atoms with van der Waals surface area (Å²) in [6, 6.07) is 0. The summed E-state index contributed by atoms with van der Waals surface area (Å²) in [4.78, 5) is 11.6. The average Bonchev–Trinajstić information content (AvgIpc) is 2.26. The van der Waals surface area contributed by atoms with Crippen LogP contribution in [0.3, 0.4) is 0 Å². The fraction of sp³-hybridized carbons (Fsp3) is 0.929. The zero-order chi connectivity index (χ0) is 13.3. The molecule has 0 unspecified atom stereocenters. The second kappa shape index (κ2) is 8.51. The number of amides is 1. The van der Waals surface area contributed by atoms with Gasteiger partial charge < -0.3 is 11.1 Å². The molecule has 0 aromatic heterocycles. The van der Waals surface area contributed by atoms with E-state index in [1.165, 1.54) is 0 Å². The molecule has 0 aliphatic carbocycles. The summed E-state index contributed by atoms with van der Waals surface area (Å²) in [6.45, 7) is 10.3. The Labute approximate surface area is 107 Å². The van der Waals surface area contributed by atoms with Gasteiger partial charge in [0.05, 0.1) is 0 Å². The minimum Gasteiger partial charge on any atom is -0.356 e. The lowest BCUT2D eigenvalue weighted by molar-refractivity contribution is -0.121. The topological polar surface area (TPSA) is 55.1 Å². The number of rotatable bonds is 9. The summed E-state index contributed by atoms with van der Waals surface area (Å²) >= 11 is 0. The highest BCUT2D eigenvalue weighted by molar-refractivity contribution is 5.75. The number of carbonyl (C=O) groups excluding carboxylic acids is 1. The molecule has 0 fully saturated rings. The minimum absolute atomic E-state index is 0.176. The molecule has 102 valence electrons. The van der Waals surface area contributed by atoms with Crippen molar-refractivity contribution in [1.29, 1.82) is 0 Å². The highest BCUT2D eigenvalue weighted by atomic mass is 16.1. The van der Waals surface area contributed by atoms with Crippen LogP contribution in [0.4, 0.5) is 0 Å². The van der Waals surface area contributed by atoms with E-state index in [0.717, 1.165) is 38.8 Å². The first-order valence-corrected chi connectivity index (χ1v) is 6.87. The first-order chi connectivity index (χ1) is 7.90. The summed E-state index contributed by atoms with van der Waals surface area (Å²) in [5, 5.41) is 3.03. The molecule has 0 saturated heterocycles. The molecule has 0 atom stereocenters. The normalized spacial score (nSPS) is 11.9. The number of unbranched alkanes of at least 4 members (excludes halogenated alkanes) is 3. The predicted octanol–water partition coefficient (Wildman–Crippen LogP) is 2.69. The SMILES string of the molecule is CC(C)C(C)(C)CNC(=O)CCCCCCN. The van der Waals surface area contributed by atoms with Crippen molar-refractivity contribution >= 4 is 5.91 Å². The molecule has 3 nitrogen and oxygen atoms in total.